The number of aromatic nitrogens is 2. The second-order valence-corrected chi connectivity index (χ2v) is 8.45. The molecule has 1 saturated carbocycles. The molecule has 0 radical (unpaired) electrons. The summed E-state index contributed by atoms with van der Waals surface area (Å²) in [7, 11) is 0. The van der Waals surface area contributed by atoms with E-state index in [2.05, 4.69) is 20.8 Å². The minimum atomic E-state index is -0.00494. The van der Waals surface area contributed by atoms with Gasteiger partial charge in [-0.3, -0.25) is 4.79 Å². The first-order chi connectivity index (χ1) is 14.3. The second-order valence-electron chi connectivity index (χ2n) is 7.50. The summed E-state index contributed by atoms with van der Waals surface area (Å²) in [5.74, 6) is 1.98. The number of nitrogens with zero attached hydrogens (tertiary/aromatic N) is 2. The zero-order valence-corrected chi connectivity index (χ0v) is 17.2. The van der Waals surface area contributed by atoms with Gasteiger partial charge in [-0.2, -0.15) is 4.98 Å². The monoisotopic (exact) mass is 410 g/mol. The molecule has 6 nitrogen and oxygen atoms in total. The number of amides is 1. The highest BCUT2D eigenvalue weighted by molar-refractivity contribution is 7.13. The fraction of sp³-hybridized carbons (Fsp3) is 0.409. The first kappa shape index (κ1) is 19.6. The zero-order chi connectivity index (χ0) is 19.9. The highest BCUT2D eigenvalue weighted by Gasteiger charge is 2.14. The van der Waals surface area contributed by atoms with Gasteiger partial charge in [0, 0.05) is 30.8 Å². The van der Waals surface area contributed by atoms with Gasteiger partial charge in [-0.25, -0.2) is 0 Å². The Balaban J connectivity index is 1.17. The van der Waals surface area contributed by atoms with Gasteiger partial charge in [0.15, 0.2) is 0 Å². The molecule has 1 aliphatic rings. The minimum Gasteiger partial charge on any atom is -0.385 e. The largest absolute Gasteiger partial charge is 0.385 e. The number of aryl methyl sites for hydroxylation is 1. The third-order valence-corrected chi connectivity index (χ3v) is 6.11. The van der Waals surface area contributed by atoms with E-state index >= 15 is 0 Å². The van der Waals surface area contributed by atoms with Crippen molar-refractivity contribution in [2.45, 2.75) is 44.9 Å². The second kappa shape index (κ2) is 9.69. The third kappa shape index (κ3) is 5.67. The van der Waals surface area contributed by atoms with Crippen LogP contribution in [0.3, 0.4) is 0 Å². The Morgan fingerprint density at radius 3 is 2.69 bits per heavy atom. The summed E-state index contributed by atoms with van der Waals surface area (Å²) in [4.78, 5) is 17.6. The van der Waals surface area contributed by atoms with E-state index in [4.69, 9.17) is 4.52 Å². The molecular weight excluding hydrogens is 384 g/mol. The highest BCUT2D eigenvalue weighted by Crippen LogP contribution is 2.25. The van der Waals surface area contributed by atoms with Gasteiger partial charge in [-0.1, -0.05) is 24.1 Å². The van der Waals surface area contributed by atoms with E-state index in [9.17, 15) is 4.79 Å². The van der Waals surface area contributed by atoms with Crippen molar-refractivity contribution in [3.63, 3.8) is 0 Å². The van der Waals surface area contributed by atoms with Gasteiger partial charge in [0.2, 0.25) is 17.6 Å². The Morgan fingerprint density at radius 2 is 1.93 bits per heavy atom. The maximum atomic E-state index is 12.2. The lowest BCUT2D eigenvalue weighted by molar-refractivity contribution is -0.116. The number of thiophene rings is 1. The van der Waals surface area contributed by atoms with Gasteiger partial charge >= 0.3 is 0 Å². The summed E-state index contributed by atoms with van der Waals surface area (Å²) >= 11 is 1.58. The topological polar surface area (TPSA) is 80.0 Å². The molecule has 0 aliphatic heterocycles. The lowest BCUT2D eigenvalue weighted by atomic mass is 10.1. The fourth-order valence-corrected chi connectivity index (χ4v) is 4.28. The zero-order valence-electron chi connectivity index (χ0n) is 16.4. The average molecular weight is 411 g/mol. The molecule has 3 aromatic rings. The number of nitrogens with one attached hydrogen (secondary N) is 2. The summed E-state index contributed by atoms with van der Waals surface area (Å²) in [5.41, 5.74) is 1.92. The van der Waals surface area contributed by atoms with Crippen molar-refractivity contribution in [2.75, 3.05) is 17.2 Å². The lowest BCUT2D eigenvalue weighted by Gasteiger charge is -2.12. The predicted octanol–water partition coefficient (Wildman–Crippen LogP) is 5.36. The standard InChI is InChI=1S/C22H26N4O2S/c27-20(8-3-9-21-25-22(26-28-21)19-7-4-14-29-19)24-18-12-10-17(11-13-18)23-15-16-5-1-2-6-16/h4,7,10-14,16,23H,1-3,5-6,8-9,15H2,(H,24,27). The van der Waals surface area contributed by atoms with E-state index in [1.54, 1.807) is 11.3 Å². The van der Waals surface area contributed by atoms with Crippen LogP contribution in [0.2, 0.25) is 0 Å². The molecule has 1 fully saturated rings. The molecule has 0 bridgehead atoms. The Bertz CT molecular complexity index is 899. The maximum absolute atomic E-state index is 12.2. The van der Waals surface area contributed by atoms with E-state index in [-0.39, 0.29) is 5.91 Å². The van der Waals surface area contributed by atoms with Crippen LogP contribution in [-0.2, 0) is 11.2 Å². The number of hydrogen-bond donors (Lipinski definition) is 2. The van der Waals surface area contributed by atoms with Crippen molar-refractivity contribution in [3.8, 4) is 10.7 Å². The molecule has 1 aromatic carbocycles. The number of carbonyl (C=O) groups is 1. The Labute approximate surface area is 174 Å². The van der Waals surface area contributed by atoms with Crippen molar-refractivity contribution in [1.82, 2.24) is 10.1 Å². The van der Waals surface area contributed by atoms with Gasteiger partial charge in [0.1, 0.15) is 0 Å². The van der Waals surface area contributed by atoms with Gasteiger partial charge in [0.25, 0.3) is 0 Å². The van der Waals surface area contributed by atoms with Crippen LogP contribution in [0.5, 0.6) is 0 Å². The van der Waals surface area contributed by atoms with Crippen LogP contribution < -0.4 is 10.6 Å². The Hall–Kier alpha value is -2.67. The van der Waals surface area contributed by atoms with Gasteiger partial charge in [-0.15, -0.1) is 11.3 Å². The predicted molar refractivity (Wildman–Crippen MR) is 116 cm³/mol. The van der Waals surface area contributed by atoms with Crippen molar-refractivity contribution >= 4 is 28.6 Å². The summed E-state index contributed by atoms with van der Waals surface area (Å²) in [5, 5.41) is 12.4. The average Bonchev–Trinajstić information content (AvgIpc) is 3.49. The molecule has 1 aliphatic carbocycles. The van der Waals surface area contributed by atoms with Crippen LogP contribution >= 0.6 is 11.3 Å². The van der Waals surface area contributed by atoms with Crippen LogP contribution in [0.4, 0.5) is 11.4 Å². The Morgan fingerprint density at radius 1 is 1.14 bits per heavy atom. The van der Waals surface area contributed by atoms with E-state index in [1.807, 2.05) is 41.8 Å². The van der Waals surface area contributed by atoms with Crippen LogP contribution in [0.15, 0.2) is 46.3 Å². The van der Waals surface area contributed by atoms with Crippen LogP contribution in [0.1, 0.15) is 44.4 Å². The lowest BCUT2D eigenvalue weighted by Crippen LogP contribution is -2.12. The summed E-state index contributed by atoms with van der Waals surface area (Å²) in [6, 6.07) is 11.9. The molecular formula is C22H26N4O2S. The van der Waals surface area contributed by atoms with Crippen LogP contribution in [-0.4, -0.2) is 22.6 Å². The molecule has 0 unspecified atom stereocenters. The van der Waals surface area contributed by atoms with Crippen LogP contribution in [0, 0.1) is 5.92 Å². The summed E-state index contributed by atoms with van der Waals surface area (Å²) in [6.07, 6.45) is 7.06. The SMILES string of the molecule is O=C(CCCc1nc(-c2cccs2)no1)Nc1ccc(NCC2CCCC2)cc1. The van der Waals surface area contributed by atoms with Crippen LogP contribution in [0.25, 0.3) is 10.7 Å². The first-order valence-electron chi connectivity index (χ1n) is 10.3. The summed E-state index contributed by atoms with van der Waals surface area (Å²) in [6.45, 7) is 1.04. The van der Waals surface area contributed by atoms with Crippen molar-refractivity contribution in [2.24, 2.45) is 5.92 Å². The Kier molecular flexibility index (Phi) is 6.56. The molecule has 7 heteroatoms. The molecule has 2 aromatic heterocycles. The molecule has 0 saturated heterocycles. The molecule has 1 amide bonds. The van der Waals surface area contributed by atoms with E-state index < -0.39 is 0 Å². The van der Waals surface area contributed by atoms with Crippen molar-refractivity contribution in [1.29, 1.82) is 0 Å². The highest BCUT2D eigenvalue weighted by atomic mass is 32.1. The number of benzene rings is 1. The number of carbonyl (C=O) groups excluding carboxylic acids is 1. The molecule has 29 heavy (non-hydrogen) atoms. The number of rotatable bonds is 9. The van der Waals surface area contributed by atoms with E-state index in [0.717, 1.165) is 28.7 Å². The van der Waals surface area contributed by atoms with Crippen molar-refractivity contribution < 1.29 is 9.32 Å². The maximum Gasteiger partial charge on any atom is 0.226 e. The first-order valence-corrected chi connectivity index (χ1v) is 11.1. The minimum absolute atomic E-state index is 0.00494. The van der Waals surface area contributed by atoms with Crippen molar-refractivity contribution in [3.05, 3.63) is 47.7 Å². The quantitative estimate of drug-likeness (QED) is 0.496. The molecule has 4 rings (SSSR count). The molecule has 2 N–H and O–H groups in total. The molecule has 0 spiro atoms. The molecule has 0 atom stereocenters. The van der Waals surface area contributed by atoms with Gasteiger partial charge < -0.3 is 15.2 Å². The van der Waals surface area contributed by atoms with E-state index in [0.29, 0.717) is 31.0 Å². The smallest absolute Gasteiger partial charge is 0.226 e. The molecule has 2 heterocycles. The fourth-order valence-electron chi connectivity index (χ4n) is 3.63. The van der Waals surface area contributed by atoms with Gasteiger partial charge in [-0.05, 0) is 60.9 Å². The molecule has 152 valence electrons. The summed E-state index contributed by atoms with van der Waals surface area (Å²) < 4.78 is 5.27. The third-order valence-electron chi connectivity index (χ3n) is 5.24. The van der Waals surface area contributed by atoms with Gasteiger partial charge in [0.05, 0.1) is 4.88 Å². The number of anilines is 2. The van der Waals surface area contributed by atoms with E-state index in [1.165, 1.54) is 25.7 Å². The normalized spacial score (nSPS) is 14.2. The number of hydrogen-bond acceptors (Lipinski definition) is 6.